The van der Waals surface area contributed by atoms with Crippen LogP contribution in [0.5, 0.6) is 0 Å². The Morgan fingerprint density at radius 1 is 1.00 bits per heavy atom. The zero-order chi connectivity index (χ0) is 21.7. The Morgan fingerprint density at radius 2 is 1.73 bits per heavy atom. The highest BCUT2D eigenvalue weighted by atomic mass is 16.1. The molecule has 0 aromatic carbocycles. The second kappa shape index (κ2) is 8.40. The fourth-order valence-corrected chi connectivity index (χ4v) is 8.97. The van der Waals surface area contributed by atoms with Gasteiger partial charge in [-0.25, -0.2) is 0 Å². The molecular formula is C29H48O. The number of hydrogen-bond acceptors (Lipinski definition) is 1. The molecule has 4 aliphatic carbocycles. The molecule has 0 aromatic heterocycles. The highest BCUT2D eigenvalue weighted by molar-refractivity contribution is 5.79. The predicted octanol–water partition coefficient (Wildman–Crippen LogP) is 8.23. The van der Waals surface area contributed by atoms with Gasteiger partial charge in [0.05, 0.1) is 0 Å². The van der Waals surface area contributed by atoms with Crippen molar-refractivity contribution in [3.05, 3.63) is 11.6 Å². The van der Waals surface area contributed by atoms with E-state index >= 15 is 0 Å². The summed E-state index contributed by atoms with van der Waals surface area (Å²) in [7, 11) is 0. The summed E-state index contributed by atoms with van der Waals surface area (Å²) >= 11 is 0. The molecule has 4 aliphatic rings. The molecule has 1 heteroatoms. The Morgan fingerprint density at radius 3 is 2.43 bits per heavy atom. The van der Waals surface area contributed by atoms with Crippen molar-refractivity contribution in [1.82, 2.24) is 0 Å². The van der Waals surface area contributed by atoms with Gasteiger partial charge in [0, 0.05) is 12.8 Å². The standard InChI is InChI=1S/C29H48O/c1-7-21(19(2)3)9-8-20(4)25-12-13-26-24-11-10-22-18-23(30)14-16-28(22,5)27(24)15-17-29(25,26)6/h11,19-22,25-27H,7-10,12-18H2,1-6H3/t20-,21-,22+,25-,26-,27+,28+,29-/m1/s1. The second-order valence-corrected chi connectivity index (χ2v) is 12.7. The van der Waals surface area contributed by atoms with Crippen LogP contribution in [0.1, 0.15) is 112 Å². The molecule has 0 aliphatic heterocycles. The summed E-state index contributed by atoms with van der Waals surface area (Å²) in [4.78, 5) is 12.1. The average molecular weight is 413 g/mol. The minimum absolute atomic E-state index is 0.397. The SMILES string of the molecule is CC[C@H](CC[C@@H](C)[C@H]1CC[C@@H]2C3=CC[C@H]4CC(=O)CC[C@]4(C)[C@H]3CC[C@@]21C)C(C)C. The smallest absolute Gasteiger partial charge is 0.133 e. The van der Waals surface area contributed by atoms with Gasteiger partial charge in [0.1, 0.15) is 5.78 Å². The molecule has 3 saturated carbocycles. The molecule has 0 N–H and O–H groups in total. The number of fused-ring (bicyclic) bond motifs is 5. The van der Waals surface area contributed by atoms with Crippen LogP contribution >= 0.6 is 0 Å². The van der Waals surface area contributed by atoms with E-state index in [1.807, 2.05) is 5.57 Å². The molecule has 0 aromatic rings. The maximum atomic E-state index is 12.1. The van der Waals surface area contributed by atoms with Gasteiger partial charge in [-0.1, -0.05) is 66.0 Å². The number of ketones is 1. The van der Waals surface area contributed by atoms with Crippen LogP contribution in [-0.2, 0) is 4.79 Å². The first kappa shape index (κ1) is 22.6. The first-order valence-electron chi connectivity index (χ1n) is 13.4. The van der Waals surface area contributed by atoms with Crippen molar-refractivity contribution in [3.63, 3.8) is 0 Å². The number of carbonyl (C=O) groups excluding carboxylic acids is 1. The summed E-state index contributed by atoms with van der Waals surface area (Å²) in [5, 5.41) is 0. The van der Waals surface area contributed by atoms with Crippen LogP contribution in [0, 0.1) is 52.3 Å². The monoisotopic (exact) mass is 412 g/mol. The van der Waals surface area contributed by atoms with Gasteiger partial charge in [0.15, 0.2) is 0 Å². The van der Waals surface area contributed by atoms with Crippen molar-refractivity contribution in [2.75, 3.05) is 0 Å². The van der Waals surface area contributed by atoms with E-state index in [4.69, 9.17) is 0 Å². The van der Waals surface area contributed by atoms with Crippen molar-refractivity contribution in [2.45, 2.75) is 112 Å². The van der Waals surface area contributed by atoms with Gasteiger partial charge in [-0.2, -0.15) is 0 Å². The molecule has 170 valence electrons. The first-order chi connectivity index (χ1) is 14.2. The topological polar surface area (TPSA) is 17.1 Å². The summed E-state index contributed by atoms with van der Waals surface area (Å²) in [6.45, 7) is 15.0. The quantitative estimate of drug-likeness (QED) is 0.401. The Bertz CT molecular complexity index is 674. The zero-order valence-corrected chi connectivity index (χ0v) is 20.8. The van der Waals surface area contributed by atoms with E-state index in [1.165, 1.54) is 51.4 Å². The lowest BCUT2D eigenvalue weighted by Gasteiger charge is -2.57. The van der Waals surface area contributed by atoms with Gasteiger partial charge < -0.3 is 0 Å². The van der Waals surface area contributed by atoms with E-state index in [0.717, 1.165) is 54.8 Å². The highest BCUT2D eigenvalue weighted by Gasteiger charge is 2.58. The Kier molecular flexibility index (Phi) is 6.33. The fourth-order valence-electron chi connectivity index (χ4n) is 8.97. The molecule has 0 radical (unpaired) electrons. The molecule has 0 heterocycles. The first-order valence-corrected chi connectivity index (χ1v) is 13.4. The molecule has 0 spiro atoms. The molecule has 8 atom stereocenters. The summed E-state index contributed by atoms with van der Waals surface area (Å²) in [5.74, 6) is 6.24. The molecule has 3 fully saturated rings. The van der Waals surface area contributed by atoms with E-state index in [-0.39, 0.29) is 0 Å². The van der Waals surface area contributed by atoms with Crippen molar-refractivity contribution in [2.24, 2.45) is 52.3 Å². The molecule has 4 rings (SSSR count). The van der Waals surface area contributed by atoms with E-state index in [9.17, 15) is 4.79 Å². The Balaban J connectivity index is 1.49. The summed E-state index contributed by atoms with van der Waals surface area (Å²) < 4.78 is 0. The van der Waals surface area contributed by atoms with Gasteiger partial charge in [-0.3, -0.25) is 4.79 Å². The normalized spacial score (nSPS) is 42.9. The summed E-state index contributed by atoms with van der Waals surface area (Å²) in [6, 6.07) is 0. The van der Waals surface area contributed by atoms with Gasteiger partial charge in [0.2, 0.25) is 0 Å². The number of allylic oxidation sites excluding steroid dienone is 2. The Labute approximate surface area is 186 Å². The number of rotatable bonds is 6. The summed E-state index contributed by atoms with van der Waals surface area (Å²) in [5.41, 5.74) is 2.77. The minimum atomic E-state index is 0.397. The van der Waals surface area contributed by atoms with Crippen LogP contribution in [0.3, 0.4) is 0 Å². The highest BCUT2D eigenvalue weighted by Crippen LogP contribution is 2.66. The van der Waals surface area contributed by atoms with E-state index in [0.29, 0.717) is 22.5 Å². The molecular weight excluding hydrogens is 364 g/mol. The maximum absolute atomic E-state index is 12.1. The van der Waals surface area contributed by atoms with Crippen molar-refractivity contribution in [3.8, 4) is 0 Å². The molecule has 0 saturated heterocycles. The van der Waals surface area contributed by atoms with Crippen LogP contribution in [0.15, 0.2) is 11.6 Å². The lowest BCUT2D eigenvalue weighted by molar-refractivity contribution is -0.127. The van der Waals surface area contributed by atoms with E-state index in [1.54, 1.807) is 0 Å². The number of Topliss-reactive ketones (excluding diaryl/α,β-unsaturated/α-hetero) is 1. The third kappa shape index (κ3) is 3.65. The molecule has 0 bridgehead atoms. The van der Waals surface area contributed by atoms with Crippen LogP contribution in [0.4, 0.5) is 0 Å². The van der Waals surface area contributed by atoms with Gasteiger partial charge in [0.25, 0.3) is 0 Å². The fraction of sp³-hybridized carbons (Fsp3) is 0.897. The molecule has 0 amide bonds. The molecule has 0 unspecified atom stereocenters. The van der Waals surface area contributed by atoms with Gasteiger partial charge >= 0.3 is 0 Å². The maximum Gasteiger partial charge on any atom is 0.133 e. The van der Waals surface area contributed by atoms with Crippen molar-refractivity contribution in [1.29, 1.82) is 0 Å². The average Bonchev–Trinajstić information content (AvgIpc) is 3.06. The zero-order valence-electron chi connectivity index (χ0n) is 20.8. The van der Waals surface area contributed by atoms with Crippen molar-refractivity contribution >= 4 is 5.78 Å². The number of hydrogen-bond donors (Lipinski definition) is 0. The van der Waals surface area contributed by atoms with Crippen LogP contribution in [-0.4, -0.2) is 5.78 Å². The van der Waals surface area contributed by atoms with E-state index in [2.05, 4.69) is 47.6 Å². The minimum Gasteiger partial charge on any atom is -0.300 e. The lowest BCUT2D eigenvalue weighted by Crippen LogP contribution is -2.49. The van der Waals surface area contributed by atoms with Crippen LogP contribution < -0.4 is 0 Å². The van der Waals surface area contributed by atoms with Gasteiger partial charge in [-0.05, 0) is 97.2 Å². The molecule has 1 nitrogen and oxygen atoms in total. The lowest BCUT2D eigenvalue weighted by atomic mass is 9.47. The predicted molar refractivity (Wildman–Crippen MR) is 127 cm³/mol. The van der Waals surface area contributed by atoms with Crippen LogP contribution in [0.2, 0.25) is 0 Å². The second-order valence-electron chi connectivity index (χ2n) is 12.7. The van der Waals surface area contributed by atoms with Crippen LogP contribution in [0.25, 0.3) is 0 Å². The summed E-state index contributed by atoms with van der Waals surface area (Å²) in [6.07, 6.45) is 16.5. The number of carbonyl (C=O) groups is 1. The third-order valence-electron chi connectivity index (χ3n) is 11.1. The van der Waals surface area contributed by atoms with E-state index < -0.39 is 0 Å². The van der Waals surface area contributed by atoms with Crippen molar-refractivity contribution < 1.29 is 4.79 Å². The molecule has 30 heavy (non-hydrogen) atoms. The third-order valence-corrected chi connectivity index (χ3v) is 11.1. The largest absolute Gasteiger partial charge is 0.300 e. The Hall–Kier alpha value is -0.590. The van der Waals surface area contributed by atoms with Gasteiger partial charge in [-0.15, -0.1) is 0 Å².